The highest BCUT2D eigenvalue weighted by molar-refractivity contribution is 9.10. The van der Waals surface area contributed by atoms with Gasteiger partial charge < -0.3 is 10.1 Å². The van der Waals surface area contributed by atoms with Gasteiger partial charge in [-0.15, -0.1) is 0 Å². The fourth-order valence-electron chi connectivity index (χ4n) is 1.54. The standard InChI is InChI=1S/C14H11BrClNO2/c1-19-11-5-3-10(4-6-11)17-14(18)12-8-9(15)2-7-13(12)16/h2-8H,1H3,(H,17,18). The minimum Gasteiger partial charge on any atom is -0.497 e. The first-order chi connectivity index (χ1) is 9.10. The fraction of sp³-hybridized carbons (Fsp3) is 0.0714. The van der Waals surface area contributed by atoms with Crippen molar-refractivity contribution in [3.63, 3.8) is 0 Å². The van der Waals surface area contributed by atoms with E-state index in [1.54, 1.807) is 49.6 Å². The number of rotatable bonds is 3. The van der Waals surface area contributed by atoms with Crippen LogP contribution >= 0.6 is 27.5 Å². The molecule has 0 bridgehead atoms. The lowest BCUT2D eigenvalue weighted by Crippen LogP contribution is -2.12. The number of nitrogens with one attached hydrogen (secondary N) is 1. The third kappa shape index (κ3) is 3.49. The number of hydrogen-bond acceptors (Lipinski definition) is 2. The summed E-state index contributed by atoms with van der Waals surface area (Å²) < 4.78 is 5.86. The Bertz CT molecular complexity index is 599. The van der Waals surface area contributed by atoms with Gasteiger partial charge in [-0.3, -0.25) is 4.79 Å². The van der Waals surface area contributed by atoms with E-state index in [4.69, 9.17) is 16.3 Å². The first-order valence-corrected chi connectivity index (χ1v) is 6.67. The summed E-state index contributed by atoms with van der Waals surface area (Å²) in [5.74, 6) is 0.481. The van der Waals surface area contributed by atoms with Crippen molar-refractivity contribution in [3.8, 4) is 5.75 Å². The second-order valence-electron chi connectivity index (χ2n) is 3.81. The van der Waals surface area contributed by atoms with E-state index in [9.17, 15) is 4.79 Å². The van der Waals surface area contributed by atoms with E-state index in [-0.39, 0.29) is 5.91 Å². The van der Waals surface area contributed by atoms with Gasteiger partial charge in [0.05, 0.1) is 17.7 Å². The van der Waals surface area contributed by atoms with Crippen molar-refractivity contribution in [2.45, 2.75) is 0 Å². The van der Waals surface area contributed by atoms with Crippen molar-refractivity contribution in [1.82, 2.24) is 0 Å². The Kier molecular flexibility index (Phi) is 4.45. The highest BCUT2D eigenvalue weighted by atomic mass is 79.9. The Morgan fingerprint density at radius 3 is 2.53 bits per heavy atom. The zero-order valence-corrected chi connectivity index (χ0v) is 12.5. The second kappa shape index (κ2) is 6.08. The van der Waals surface area contributed by atoms with Gasteiger partial charge in [-0.2, -0.15) is 0 Å². The Hall–Kier alpha value is -1.52. The molecule has 0 unspecified atom stereocenters. The summed E-state index contributed by atoms with van der Waals surface area (Å²) in [7, 11) is 1.59. The largest absolute Gasteiger partial charge is 0.497 e. The summed E-state index contributed by atoms with van der Waals surface area (Å²) in [6.07, 6.45) is 0. The van der Waals surface area contributed by atoms with Crippen LogP contribution in [0, 0.1) is 0 Å². The molecule has 0 aliphatic carbocycles. The number of benzene rings is 2. The van der Waals surface area contributed by atoms with E-state index in [1.165, 1.54) is 0 Å². The summed E-state index contributed by atoms with van der Waals surface area (Å²) in [6, 6.07) is 12.2. The van der Waals surface area contributed by atoms with Gasteiger partial charge in [0, 0.05) is 10.2 Å². The monoisotopic (exact) mass is 339 g/mol. The SMILES string of the molecule is COc1ccc(NC(=O)c2cc(Br)ccc2Cl)cc1. The molecular weight excluding hydrogens is 330 g/mol. The van der Waals surface area contributed by atoms with E-state index in [1.807, 2.05) is 0 Å². The maximum absolute atomic E-state index is 12.1. The average Bonchev–Trinajstić information content (AvgIpc) is 2.42. The molecule has 0 atom stereocenters. The number of ether oxygens (including phenoxy) is 1. The van der Waals surface area contributed by atoms with Crippen molar-refractivity contribution in [2.24, 2.45) is 0 Å². The van der Waals surface area contributed by atoms with Gasteiger partial charge in [0.2, 0.25) is 0 Å². The Morgan fingerprint density at radius 2 is 1.89 bits per heavy atom. The summed E-state index contributed by atoms with van der Waals surface area (Å²) in [4.78, 5) is 12.1. The highest BCUT2D eigenvalue weighted by Crippen LogP contribution is 2.22. The van der Waals surface area contributed by atoms with E-state index in [0.717, 1.165) is 10.2 Å². The van der Waals surface area contributed by atoms with Crippen LogP contribution in [0.5, 0.6) is 5.75 Å². The number of carbonyl (C=O) groups excluding carboxylic acids is 1. The maximum atomic E-state index is 12.1. The third-order valence-corrected chi connectivity index (χ3v) is 3.34. The van der Waals surface area contributed by atoms with Crippen molar-refractivity contribution in [1.29, 1.82) is 0 Å². The molecule has 0 saturated carbocycles. The minimum absolute atomic E-state index is 0.253. The highest BCUT2D eigenvalue weighted by Gasteiger charge is 2.11. The Labute approximate surface area is 124 Å². The van der Waals surface area contributed by atoms with E-state index < -0.39 is 0 Å². The number of anilines is 1. The number of halogens is 2. The summed E-state index contributed by atoms with van der Waals surface area (Å²) in [5.41, 5.74) is 1.11. The van der Waals surface area contributed by atoms with E-state index in [2.05, 4.69) is 21.2 Å². The van der Waals surface area contributed by atoms with Gasteiger partial charge >= 0.3 is 0 Å². The molecule has 5 heteroatoms. The molecular formula is C14H11BrClNO2. The maximum Gasteiger partial charge on any atom is 0.257 e. The second-order valence-corrected chi connectivity index (χ2v) is 5.13. The molecule has 1 N–H and O–H groups in total. The van der Waals surface area contributed by atoms with Gasteiger partial charge in [0.25, 0.3) is 5.91 Å². The molecule has 0 aliphatic rings. The number of carbonyl (C=O) groups is 1. The van der Waals surface area contributed by atoms with Crippen LogP contribution in [-0.2, 0) is 0 Å². The van der Waals surface area contributed by atoms with E-state index in [0.29, 0.717) is 16.3 Å². The molecule has 0 saturated heterocycles. The molecule has 0 radical (unpaired) electrons. The van der Waals surface area contributed by atoms with Crippen molar-refractivity contribution < 1.29 is 9.53 Å². The van der Waals surface area contributed by atoms with Crippen LogP contribution in [0.3, 0.4) is 0 Å². The van der Waals surface area contributed by atoms with Crippen molar-refractivity contribution in [3.05, 3.63) is 57.5 Å². The molecule has 3 nitrogen and oxygen atoms in total. The molecule has 1 amide bonds. The zero-order chi connectivity index (χ0) is 13.8. The van der Waals surface area contributed by atoms with Gasteiger partial charge in [0.1, 0.15) is 5.75 Å². The molecule has 98 valence electrons. The van der Waals surface area contributed by atoms with Crippen LogP contribution < -0.4 is 10.1 Å². The van der Waals surface area contributed by atoms with Crippen LogP contribution in [0.25, 0.3) is 0 Å². The Balaban J connectivity index is 2.18. The van der Waals surface area contributed by atoms with Gasteiger partial charge in [-0.05, 0) is 42.5 Å². The van der Waals surface area contributed by atoms with Crippen LogP contribution in [0.1, 0.15) is 10.4 Å². The lowest BCUT2D eigenvalue weighted by atomic mass is 10.2. The summed E-state index contributed by atoms with van der Waals surface area (Å²) in [5, 5.41) is 3.19. The average molecular weight is 341 g/mol. The van der Waals surface area contributed by atoms with Crippen LogP contribution in [-0.4, -0.2) is 13.0 Å². The molecule has 0 heterocycles. The van der Waals surface area contributed by atoms with Crippen molar-refractivity contribution >= 4 is 39.1 Å². The van der Waals surface area contributed by atoms with Gasteiger partial charge in [-0.25, -0.2) is 0 Å². The number of methoxy groups -OCH3 is 1. The fourth-order valence-corrected chi connectivity index (χ4v) is 2.11. The van der Waals surface area contributed by atoms with E-state index >= 15 is 0 Å². The van der Waals surface area contributed by atoms with Crippen LogP contribution in [0.15, 0.2) is 46.9 Å². The smallest absolute Gasteiger partial charge is 0.257 e. The molecule has 2 rings (SSSR count). The normalized spacial score (nSPS) is 10.1. The molecule has 19 heavy (non-hydrogen) atoms. The summed E-state index contributed by atoms with van der Waals surface area (Å²) >= 11 is 9.32. The predicted octanol–water partition coefficient (Wildman–Crippen LogP) is 4.36. The first-order valence-electron chi connectivity index (χ1n) is 5.50. The minimum atomic E-state index is -0.253. The molecule has 0 fully saturated rings. The first kappa shape index (κ1) is 13.9. The number of amides is 1. The molecule has 0 aromatic heterocycles. The quantitative estimate of drug-likeness (QED) is 0.901. The van der Waals surface area contributed by atoms with Gasteiger partial charge in [-0.1, -0.05) is 27.5 Å². The number of hydrogen-bond donors (Lipinski definition) is 1. The molecule has 0 spiro atoms. The molecule has 2 aromatic rings. The van der Waals surface area contributed by atoms with Crippen molar-refractivity contribution in [2.75, 3.05) is 12.4 Å². The van der Waals surface area contributed by atoms with Crippen LogP contribution in [0.2, 0.25) is 5.02 Å². The lowest BCUT2D eigenvalue weighted by Gasteiger charge is -2.08. The Morgan fingerprint density at radius 1 is 1.21 bits per heavy atom. The molecule has 0 aliphatic heterocycles. The molecule has 2 aromatic carbocycles. The zero-order valence-electron chi connectivity index (χ0n) is 10.1. The lowest BCUT2D eigenvalue weighted by molar-refractivity contribution is 0.102. The van der Waals surface area contributed by atoms with Gasteiger partial charge in [0.15, 0.2) is 0 Å². The van der Waals surface area contributed by atoms with Crippen LogP contribution in [0.4, 0.5) is 5.69 Å². The summed E-state index contributed by atoms with van der Waals surface area (Å²) in [6.45, 7) is 0. The third-order valence-electron chi connectivity index (χ3n) is 2.52. The topological polar surface area (TPSA) is 38.3 Å². The predicted molar refractivity (Wildman–Crippen MR) is 80.1 cm³/mol.